The third kappa shape index (κ3) is 3.21. The first-order chi connectivity index (χ1) is 12.8. The molecule has 4 aliphatic carbocycles. The van der Waals surface area contributed by atoms with Gasteiger partial charge in [0.05, 0.1) is 0 Å². The summed E-state index contributed by atoms with van der Waals surface area (Å²) in [4.78, 5) is 35.5. The number of hydrogen-bond acceptors (Lipinski definition) is 5. The van der Waals surface area contributed by atoms with Crippen LogP contribution >= 0.6 is 0 Å². The molecule has 4 saturated carbocycles. The fraction of sp³-hybridized carbons (Fsp3) is 0.864. The van der Waals surface area contributed by atoms with E-state index in [2.05, 4.69) is 6.92 Å². The Bertz CT molecular complexity index is 643. The summed E-state index contributed by atoms with van der Waals surface area (Å²) in [6.07, 6.45) is 7.65. The SMILES string of the molecule is CC(=O)O[C@H]1CC[C@@H]2[C@H](CC[C@H]3[C@H]2CC[C@@]2(C)[C@H](OC(C)=O)C(=O)C[C@H]32)C1. The van der Waals surface area contributed by atoms with Gasteiger partial charge in [-0.25, -0.2) is 0 Å². The van der Waals surface area contributed by atoms with Crippen molar-refractivity contribution in [2.45, 2.75) is 84.3 Å². The number of carbonyl (C=O) groups is 3. The maximum atomic E-state index is 12.7. The molecule has 4 rings (SSSR count). The summed E-state index contributed by atoms with van der Waals surface area (Å²) in [5, 5.41) is 0. The highest BCUT2D eigenvalue weighted by molar-refractivity contribution is 5.89. The minimum absolute atomic E-state index is 0.0931. The Hall–Kier alpha value is -1.39. The van der Waals surface area contributed by atoms with Crippen LogP contribution < -0.4 is 0 Å². The zero-order valence-corrected chi connectivity index (χ0v) is 16.7. The van der Waals surface area contributed by atoms with Gasteiger partial charge in [-0.2, -0.15) is 0 Å². The van der Waals surface area contributed by atoms with Crippen molar-refractivity contribution in [3.05, 3.63) is 0 Å². The number of ether oxygens (including phenoxy) is 2. The van der Waals surface area contributed by atoms with E-state index in [0.29, 0.717) is 36.0 Å². The second kappa shape index (κ2) is 6.89. The van der Waals surface area contributed by atoms with Crippen LogP contribution in [-0.2, 0) is 23.9 Å². The van der Waals surface area contributed by atoms with Gasteiger partial charge in [0.15, 0.2) is 11.9 Å². The van der Waals surface area contributed by atoms with Crippen LogP contribution in [-0.4, -0.2) is 29.9 Å². The van der Waals surface area contributed by atoms with Gasteiger partial charge in [0.2, 0.25) is 0 Å². The van der Waals surface area contributed by atoms with Gasteiger partial charge >= 0.3 is 11.9 Å². The highest BCUT2D eigenvalue weighted by Crippen LogP contribution is 2.62. The molecule has 4 aliphatic rings. The van der Waals surface area contributed by atoms with Crippen molar-refractivity contribution in [1.82, 2.24) is 0 Å². The lowest BCUT2D eigenvalue weighted by Crippen LogP contribution is -2.50. The number of ketones is 1. The van der Waals surface area contributed by atoms with Crippen molar-refractivity contribution in [1.29, 1.82) is 0 Å². The average molecular weight is 376 g/mol. The van der Waals surface area contributed by atoms with Crippen LogP contribution in [0, 0.1) is 35.0 Å². The van der Waals surface area contributed by atoms with Crippen molar-refractivity contribution < 1.29 is 23.9 Å². The van der Waals surface area contributed by atoms with Gasteiger partial charge in [0.25, 0.3) is 0 Å². The molecule has 0 N–H and O–H groups in total. The smallest absolute Gasteiger partial charge is 0.303 e. The number of hydrogen-bond donors (Lipinski definition) is 0. The van der Waals surface area contributed by atoms with Crippen molar-refractivity contribution in [3.8, 4) is 0 Å². The molecule has 150 valence electrons. The molecule has 0 amide bonds. The molecule has 0 aromatic heterocycles. The standard InChI is InChI=1S/C22H32O5/c1-12(23)26-15-5-7-16-14(10-15)4-6-18-17(16)8-9-22(3)19(18)11-20(25)21(22)27-13(2)24/h14-19,21H,4-11H2,1-3H3/t14-,15+,16-,17+,18+,19-,21-,22-/m1/s1. The van der Waals surface area contributed by atoms with Crippen LogP contribution in [0.25, 0.3) is 0 Å². The topological polar surface area (TPSA) is 69.7 Å². The maximum Gasteiger partial charge on any atom is 0.303 e. The lowest BCUT2D eigenvalue weighted by molar-refractivity contribution is -0.163. The molecule has 4 fully saturated rings. The first-order valence-corrected chi connectivity index (χ1v) is 10.7. The van der Waals surface area contributed by atoms with Gasteiger partial charge in [-0.05, 0) is 74.5 Å². The molecule has 0 aromatic rings. The molecule has 8 atom stereocenters. The number of fused-ring (bicyclic) bond motifs is 5. The Labute approximate surface area is 161 Å². The fourth-order valence-electron chi connectivity index (χ4n) is 7.27. The van der Waals surface area contributed by atoms with E-state index in [-0.39, 0.29) is 29.2 Å². The van der Waals surface area contributed by atoms with Crippen molar-refractivity contribution in [3.63, 3.8) is 0 Å². The largest absolute Gasteiger partial charge is 0.463 e. The summed E-state index contributed by atoms with van der Waals surface area (Å²) >= 11 is 0. The predicted molar refractivity (Wildman–Crippen MR) is 98.6 cm³/mol. The molecular weight excluding hydrogens is 344 g/mol. The molecule has 0 bridgehead atoms. The molecule has 0 aliphatic heterocycles. The molecule has 0 aromatic carbocycles. The molecule has 0 saturated heterocycles. The van der Waals surface area contributed by atoms with E-state index in [1.54, 1.807) is 0 Å². The second-order valence-electron chi connectivity index (χ2n) is 9.68. The highest BCUT2D eigenvalue weighted by Gasteiger charge is 2.61. The van der Waals surface area contributed by atoms with Crippen LogP contribution in [0.5, 0.6) is 0 Å². The summed E-state index contributed by atoms with van der Waals surface area (Å²) in [5.74, 6) is 2.55. The van der Waals surface area contributed by atoms with E-state index in [9.17, 15) is 14.4 Å². The van der Waals surface area contributed by atoms with E-state index in [1.807, 2.05) is 0 Å². The molecule has 0 radical (unpaired) electrons. The number of carbonyl (C=O) groups excluding carboxylic acids is 3. The molecule has 5 heteroatoms. The van der Waals surface area contributed by atoms with Gasteiger partial charge in [-0.1, -0.05) is 6.92 Å². The molecule has 5 nitrogen and oxygen atoms in total. The monoisotopic (exact) mass is 376 g/mol. The summed E-state index contributed by atoms with van der Waals surface area (Å²) in [6.45, 7) is 5.08. The number of esters is 2. The van der Waals surface area contributed by atoms with Gasteiger partial charge < -0.3 is 9.47 Å². The number of Topliss-reactive ketones (excluding diaryl/α,β-unsaturated/α-hetero) is 1. The Morgan fingerprint density at radius 2 is 1.63 bits per heavy atom. The van der Waals surface area contributed by atoms with Crippen molar-refractivity contribution in [2.24, 2.45) is 35.0 Å². The van der Waals surface area contributed by atoms with Crippen LogP contribution in [0.3, 0.4) is 0 Å². The molecule has 27 heavy (non-hydrogen) atoms. The molecule has 0 unspecified atom stereocenters. The average Bonchev–Trinajstić information content (AvgIpc) is 2.85. The highest BCUT2D eigenvalue weighted by atomic mass is 16.5. The van der Waals surface area contributed by atoms with E-state index in [0.717, 1.165) is 38.5 Å². The van der Waals surface area contributed by atoms with E-state index in [1.165, 1.54) is 20.3 Å². The van der Waals surface area contributed by atoms with Gasteiger partial charge in [-0.3, -0.25) is 14.4 Å². The van der Waals surface area contributed by atoms with Crippen LogP contribution in [0.2, 0.25) is 0 Å². The summed E-state index contributed by atoms with van der Waals surface area (Å²) in [7, 11) is 0. The van der Waals surface area contributed by atoms with Gasteiger partial charge in [0.1, 0.15) is 6.10 Å². The first kappa shape index (κ1) is 18.9. The minimum atomic E-state index is -0.543. The normalized spacial score (nSPS) is 46.0. The van der Waals surface area contributed by atoms with Crippen LogP contribution in [0.15, 0.2) is 0 Å². The Morgan fingerprint density at radius 3 is 2.33 bits per heavy atom. The Kier molecular flexibility index (Phi) is 4.84. The minimum Gasteiger partial charge on any atom is -0.463 e. The maximum absolute atomic E-state index is 12.7. The van der Waals surface area contributed by atoms with Gasteiger partial charge in [0, 0.05) is 25.7 Å². The van der Waals surface area contributed by atoms with Gasteiger partial charge in [-0.15, -0.1) is 0 Å². The van der Waals surface area contributed by atoms with Crippen molar-refractivity contribution in [2.75, 3.05) is 0 Å². The van der Waals surface area contributed by atoms with E-state index >= 15 is 0 Å². The van der Waals surface area contributed by atoms with Crippen molar-refractivity contribution >= 4 is 17.7 Å². The molecule has 0 spiro atoms. The summed E-state index contributed by atoms with van der Waals surface area (Å²) in [6, 6.07) is 0. The second-order valence-corrected chi connectivity index (χ2v) is 9.68. The Morgan fingerprint density at radius 1 is 0.926 bits per heavy atom. The van der Waals surface area contributed by atoms with E-state index in [4.69, 9.17) is 9.47 Å². The third-order valence-electron chi connectivity index (χ3n) is 8.27. The fourth-order valence-corrected chi connectivity index (χ4v) is 7.27. The Balaban J connectivity index is 1.49. The van der Waals surface area contributed by atoms with Crippen LogP contribution in [0.4, 0.5) is 0 Å². The zero-order valence-electron chi connectivity index (χ0n) is 16.7. The number of rotatable bonds is 2. The summed E-state index contributed by atoms with van der Waals surface area (Å²) < 4.78 is 11.0. The lowest BCUT2D eigenvalue weighted by Gasteiger charge is -2.55. The molecular formula is C22H32O5. The molecule has 0 heterocycles. The third-order valence-corrected chi connectivity index (χ3v) is 8.27. The van der Waals surface area contributed by atoms with Crippen LogP contribution in [0.1, 0.15) is 72.1 Å². The van der Waals surface area contributed by atoms with E-state index < -0.39 is 6.10 Å². The summed E-state index contributed by atoms with van der Waals surface area (Å²) in [5.41, 5.74) is -0.189. The predicted octanol–water partition coefficient (Wildman–Crippen LogP) is 3.68. The first-order valence-electron chi connectivity index (χ1n) is 10.7. The lowest BCUT2D eigenvalue weighted by atomic mass is 9.50. The quantitative estimate of drug-likeness (QED) is 0.688. The zero-order chi connectivity index (χ0) is 19.3.